The fourth-order valence-corrected chi connectivity index (χ4v) is 3.20. The SMILES string of the molecule is CC(C)CCCCCCCCCCCCCCC=O.CCN1C=NCC1.[NaH]. The van der Waals surface area contributed by atoms with Crippen LogP contribution in [0.3, 0.4) is 0 Å². The van der Waals surface area contributed by atoms with E-state index in [0.29, 0.717) is 0 Å². The summed E-state index contributed by atoms with van der Waals surface area (Å²) in [5.74, 6) is 0.881. The summed E-state index contributed by atoms with van der Waals surface area (Å²) in [7, 11) is 0. The van der Waals surface area contributed by atoms with Crippen LogP contribution in [0, 0.1) is 5.92 Å². The zero-order valence-corrected chi connectivity index (χ0v) is 18.1. The van der Waals surface area contributed by atoms with Crippen LogP contribution >= 0.6 is 0 Å². The Labute approximate surface area is 192 Å². The number of aliphatic imine (C=N–C) groups is 1. The molecule has 4 heteroatoms. The number of nitrogens with zero attached hydrogens (tertiary/aromatic N) is 2. The minimum absolute atomic E-state index is 0. The minimum atomic E-state index is 0. The van der Waals surface area contributed by atoms with Crippen molar-refractivity contribution in [3.05, 3.63) is 0 Å². The molecule has 3 nitrogen and oxygen atoms in total. The van der Waals surface area contributed by atoms with Crippen LogP contribution in [-0.2, 0) is 4.79 Å². The fourth-order valence-electron chi connectivity index (χ4n) is 3.20. The van der Waals surface area contributed by atoms with Crippen molar-refractivity contribution in [1.82, 2.24) is 4.90 Å². The second kappa shape index (κ2) is 24.2. The van der Waals surface area contributed by atoms with Gasteiger partial charge < -0.3 is 9.69 Å². The van der Waals surface area contributed by atoms with E-state index in [1.54, 1.807) is 0 Å². The van der Waals surface area contributed by atoms with Crippen LogP contribution in [0.25, 0.3) is 0 Å². The van der Waals surface area contributed by atoms with Gasteiger partial charge in [-0.3, -0.25) is 4.99 Å². The molecule has 0 N–H and O–H groups in total. The van der Waals surface area contributed by atoms with Crippen LogP contribution in [0.4, 0.5) is 0 Å². The van der Waals surface area contributed by atoms with Crippen LogP contribution in [0.15, 0.2) is 4.99 Å². The van der Waals surface area contributed by atoms with E-state index in [9.17, 15) is 4.79 Å². The molecular formula is C23H47N2NaO. The molecule has 0 aromatic heterocycles. The Bertz CT molecular complexity index is 322. The zero-order chi connectivity index (χ0) is 19.3. The molecule has 1 aliphatic rings. The average molecular weight is 391 g/mol. The molecular weight excluding hydrogens is 343 g/mol. The maximum absolute atomic E-state index is 10.1. The van der Waals surface area contributed by atoms with Crippen molar-refractivity contribution in [2.75, 3.05) is 19.6 Å². The molecule has 1 rings (SSSR count). The van der Waals surface area contributed by atoms with E-state index in [-0.39, 0.29) is 29.6 Å². The molecule has 0 saturated heterocycles. The first-order valence-corrected chi connectivity index (χ1v) is 11.4. The molecule has 1 aliphatic heterocycles. The average Bonchev–Trinajstić information content (AvgIpc) is 3.16. The summed E-state index contributed by atoms with van der Waals surface area (Å²) in [6.07, 6.45) is 21.6. The van der Waals surface area contributed by atoms with Crippen molar-refractivity contribution in [2.24, 2.45) is 10.9 Å². The topological polar surface area (TPSA) is 32.7 Å². The Hall–Kier alpha value is 0.140. The number of rotatable bonds is 16. The molecule has 156 valence electrons. The number of hydrogen-bond donors (Lipinski definition) is 0. The third-order valence-corrected chi connectivity index (χ3v) is 5.02. The van der Waals surface area contributed by atoms with Crippen molar-refractivity contribution < 1.29 is 4.79 Å². The second-order valence-electron chi connectivity index (χ2n) is 8.03. The summed E-state index contributed by atoms with van der Waals surface area (Å²) in [6, 6.07) is 0. The van der Waals surface area contributed by atoms with Gasteiger partial charge in [0.15, 0.2) is 0 Å². The van der Waals surface area contributed by atoms with Gasteiger partial charge in [0.05, 0.1) is 12.9 Å². The van der Waals surface area contributed by atoms with Gasteiger partial charge in [-0.05, 0) is 19.3 Å². The first-order chi connectivity index (χ1) is 12.7. The Kier molecular flexibility index (Phi) is 26.3. The summed E-state index contributed by atoms with van der Waals surface area (Å²) in [4.78, 5) is 16.4. The molecule has 0 amide bonds. The van der Waals surface area contributed by atoms with E-state index in [1.165, 1.54) is 77.0 Å². The standard InChI is InChI=1S/C18H36O.C5H10N2.Na.H/c1-18(2)16-14-12-10-8-6-4-3-5-7-9-11-13-15-17-19;1-2-7-4-3-6-5-7;;/h17-18H,3-16H2,1-2H3;5H,2-4H2,1H3;;. The number of carbonyl (C=O) groups is 1. The normalized spacial score (nSPS) is 12.7. The zero-order valence-electron chi connectivity index (χ0n) is 18.1. The molecule has 0 aliphatic carbocycles. The van der Waals surface area contributed by atoms with Gasteiger partial charge in [-0.2, -0.15) is 0 Å². The van der Waals surface area contributed by atoms with Crippen LogP contribution in [0.5, 0.6) is 0 Å². The summed E-state index contributed by atoms with van der Waals surface area (Å²) in [5, 5.41) is 0. The number of aldehydes is 1. The number of carbonyl (C=O) groups excluding carboxylic acids is 1. The van der Waals surface area contributed by atoms with Gasteiger partial charge in [0, 0.05) is 19.5 Å². The molecule has 0 unspecified atom stereocenters. The summed E-state index contributed by atoms with van der Waals surface area (Å²) >= 11 is 0. The van der Waals surface area contributed by atoms with Crippen molar-refractivity contribution in [2.45, 2.75) is 111 Å². The Balaban J connectivity index is 0. The quantitative estimate of drug-likeness (QED) is 0.184. The van der Waals surface area contributed by atoms with Crippen LogP contribution in [0.2, 0.25) is 0 Å². The van der Waals surface area contributed by atoms with Crippen molar-refractivity contribution in [1.29, 1.82) is 0 Å². The monoisotopic (exact) mass is 390 g/mol. The Morgan fingerprint density at radius 3 is 1.70 bits per heavy atom. The van der Waals surface area contributed by atoms with Gasteiger partial charge in [0.25, 0.3) is 0 Å². The molecule has 0 atom stereocenters. The maximum atomic E-state index is 10.1. The fraction of sp³-hybridized carbons (Fsp3) is 0.913. The number of hydrogen-bond acceptors (Lipinski definition) is 3. The third kappa shape index (κ3) is 24.1. The van der Waals surface area contributed by atoms with E-state index in [4.69, 9.17) is 0 Å². The first kappa shape index (κ1) is 29.3. The molecule has 27 heavy (non-hydrogen) atoms. The van der Waals surface area contributed by atoms with Gasteiger partial charge in [0.2, 0.25) is 0 Å². The molecule has 0 aromatic rings. The summed E-state index contributed by atoms with van der Waals surface area (Å²) in [5.41, 5.74) is 0. The van der Waals surface area contributed by atoms with Crippen molar-refractivity contribution in [3.63, 3.8) is 0 Å². The van der Waals surface area contributed by atoms with Crippen molar-refractivity contribution >= 4 is 42.2 Å². The molecule has 1 heterocycles. The van der Waals surface area contributed by atoms with Crippen LogP contribution < -0.4 is 0 Å². The van der Waals surface area contributed by atoms with Crippen molar-refractivity contribution in [3.8, 4) is 0 Å². The van der Waals surface area contributed by atoms with Gasteiger partial charge in [0.1, 0.15) is 6.29 Å². The van der Waals surface area contributed by atoms with Gasteiger partial charge in [-0.1, -0.05) is 90.9 Å². The number of likely N-dealkylation sites (N-methyl/N-ethyl adjacent to an activating group) is 1. The Morgan fingerprint density at radius 2 is 1.37 bits per heavy atom. The number of unbranched alkanes of at least 4 members (excludes halogenated alkanes) is 12. The molecule has 0 spiro atoms. The molecule has 0 fully saturated rings. The van der Waals surface area contributed by atoms with Crippen LogP contribution in [-0.4, -0.2) is 66.7 Å². The molecule has 0 radical (unpaired) electrons. The molecule has 0 bridgehead atoms. The Morgan fingerprint density at radius 1 is 0.889 bits per heavy atom. The van der Waals surface area contributed by atoms with Gasteiger partial charge >= 0.3 is 29.6 Å². The second-order valence-corrected chi connectivity index (χ2v) is 8.03. The predicted octanol–water partition coefficient (Wildman–Crippen LogP) is 6.00. The summed E-state index contributed by atoms with van der Waals surface area (Å²) in [6.45, 7) is 9.99. The van der Waals surface area contributed by atoms with E-state index >= 15 is 0 Å². The van der Waals surface area contributed by atoms with E-state index in [1.807, 2.05) is 6.34 Å². The molecule has 0 aromatic carbocycles. The third-order valence-electron chi connectivity index (χ3n) is 5.02. The van der Waals surface area contributed by atoms with E-state index in [0.717, 1.165) is 44.7 Å². The van der Waals surface area contributed by atoms with Crippen LogP contribution in [0.1, 0.15) is 111 Å². The molecule has 0 saturated carbocycles. The summed E-state index contributed by atoms with van der Waals surface area (Å²) < 4.78 is 0. The van der Waals surface area contributed by atoms with E-state index < -0.39 is 0 Å². The van der Waals surface area contributed by atoms with Gasteiger partial charge in [-0.25, -0.2) is 0 Å². The van der Waals surface area contributed by atoms with E-state index in [2.05, 4.69) is 30.7 Å². The van der Waals surface area contributed by atoms with Gasteiger partial charge in [-0.15, -0.1) is 0 Å². The predicted molar refractivity (Wildman–Crippen MR) is 123 cm³/mol. The first-order valence-electron chi connectivity index (χ1n) is 11.4.